The van der Waals surface area contributed by atoms with Crippen LogP contribution in [-0.4, -0.2) is 16.1 Å². The highest BCUT2D eigenvalue weighted by molar-refractivity contribution is 7.81. The Hall–Kier alpha value is -1.33. The quantitative estimate of drug-likeness (QED) is 0.825. The van der Waals surface area contributed by atoms with E-state index in [1.807, 2.05) is 35.7 Å². The summed E-state index contributed by atoms with van der Waals surface area (Å²) in [5, 5.41) is 10.3. The van der Waals surface area contributed by atoms with Crippen molar-refractivity contribution < 1.29 is 9.90 Å². The molecule has 1 N–H and O–H groups in total. The van der Waals surface area contributed by atoms with Crippen molar-refractivity contribution in [1.82, 2.24) is 4.98 Å². The molecule has 0 aliphatic heterocycles. The normalized spacial score (nSPS) is 12.3. The summed E-state index contributed by atoms with van der Waals surface area (Å²) in [7, 11) is 0. The van der Waals surface area contributed by atoms with Gasteiger partial charge in [0.2, 0.25) is 0 Å². The molecular weight excluding hydrogens is 242 g/mol. The number of rotatable bonds is 3. The average Bonchev–Trinajstić information content (AvgIpc) is 2.78. The van der Waals surface area contributed by atoms with Crippen molar-refractivity contribution in [2.45, 2.75) is 5.25 Å². The molecule has 0 spiro atoms. The molecule has 5 heteroatoms. The maximum atomic E-state index is 10.7. The summed E-state index contributed by atoms with van der Waals surface area (Å²) in [6, 6.07) is 9.64. The summed E-state index contributed by atoms with van der Waals surface area (Å²) in [5.41, 5.74) is 1.77. The molecule has 2 rings (SSSR count). The minimum atomic E-state index is -0.975. The van der Waals surface area contributed by atoms with E-state index in [1.165, 1.54) is 11.3 Å². The molecule has 16 heavy (non-hydrogen) atoms. The number of carboxylic acid groups (broad SMARTS) is 1. The molecule has 0 bridgehead atoms. The molecule has 1 aromatic heterocycles. The fourth-order valence-corrected chi connectivity index (χ4v) is 2.30. The second-order valence-electron chi connectivity index (χ2n) is 3.18. The smallest absolute Gasteiger partial charge is 0.323 e. The number of hydrogen-bond acceptors (Lipinski definition) is 4. The van der Waals surface area contributed by atoms with Crippen LogP contribution in [0.15, 0.2) is 35.7 Å². The second kappa shape index (κ2) is 4.67. The van der Waals surface area contributed by atoms with Gasteiger partial charge in [0.25, 0.3) is 0 Å². The molecule has 1 heterocycles. The Balaban J connectivity index is 2.30. The molecule has 0 fully saturated rings. The van der Waals surface area contributed by atoms with Crippen molar-refractivity contribution in [3.8, 4) is 11.3 Å². The Morgan fingerprint density at radius 2 is 2.06 bits per heavy atom. The van der Waals surface area contributed by atoms with E-state index in [0.29, 0.717) is 5.01 Å². The van der Waals surface area contributed by atoms with E-state index in [9.17, 15) is 4.79 Å². The van der Waals surface area contributed by atoms with Gasteiger partial charge in [-0.1, -0.05) is 30.3 Å². The van der Waals surface area contributed by atoms with Crippen LogP contribution in [-0.2, 0) is 4.79 Å². The Morgan fingerprint density at radius 1 is 1.38 bits per heavy atom. The lowest BCUT2D eigenvalue weighted by Crippen LogP contribution is -2.04. The highest BCUT2D eigenvalue weighted by Gasteiger charge is 2.18. The first-order valence-corrected chi connectivity index (χ1v) is 6.00. The van der Waals surface area contributed by atoms with Crippen LogP contribution in [0.4, 0.5) is 0 Å². The number of hydrogen-bond donors (Lipinski definition) is 2. The van der Waals surface area contributed by atoms with E-state index < -0.39 is 11.2 Å². The summed E-state index contributed by atoms with van der Waals surface area (Å²) in [5.74, 6) is -0.975. The number of carbonyl (C=O) groups is 1. The van der Waals surface area contributed by atoms with Gasteiger partial charge in [0.15, 0.2) is 5.25 Å². The van der Waals surface area contributed by atoms with Gasteiger partial charge in [-0.3, -0.25) is 4.79 Å². The zero-order valence-electron chi connectivity index (χ0n) is 8.20. The second-order valence-corrected chi connectivity index (χ2v) is 4.58. The molecule has 0 radical (unpaired) electrons. The highest BCUT2D eigenvalue weighted by Crippen LogP contribution is 2.28. The Kier molecular flexibility index (Phi) is 3.26. The molecule has 1 unspecified atom stereocenters. The monoisotopic (exact) mass is 251 g/mol. The van der Waals surface area contributed by atoms with Crippen LogP contribution in [0.3, 0.4) is 0 Å². The van der Waals surface area contributed by atoms with Gasteiger partial charge in [-0.05, 0) is 0 Å². The van der Waals surface area contributed by atoms with Crippen LogP contribution in [0.1, 0.15) is 10.3 Å². The molecule has 82 valence electrons. The highest BCUT2D eigenvalue weighted by atomic mass is 32.1. The van der Waals surface area contributed by atoms with E-state index in [4.69, 9.17) is 5.11 Å². The third-order valence-corrected chi connectivity index (χ3v) is 3.61. The molecule has 2 aromatic rings. The summed E-state index contributed by atoms with van der Waals surface area (Å²) in [4.78, 5) is 15.0. The Morgan fingerprint density at radius 3 is 2.69 bits per heavy atom. The van der Waals surface area contributed by atoms with Crippen molar-refractivity contribution >= 4 is 29.9 Å². The standard InChI is InChI=1S/C11H9NO2S2/c13-11(14)9(15)10-12-8(6-16-10)7-4-2-1-3-5-7/h1-6,9,15H,(H,13,14). The van der Waals surface area contributed by atoms with Gasteiger partial charge in [-0.15, -0.1) is 11.3 Å². The lowest BCUT2D eigenvalue weighted by molar-refractivity contribution is -0.136. The minimum absolute atomic E-state index is 0.509. The molecule has 0 saturated heterocycles. The number of nitrogens with zero attached hydrogens (tertiary/aromatic N) is 1. The number of carboxylic acids is 1. The molecule has 1 aromatic carbocycles. The van der Waals surface area contributed by atoms with Crippen LogP contribution in [0, 0.1) is 0 Å². The predicted octanol–water partition coefficient (Wildman–Crippen LogP) is 2.87. The molecule has 0 aliphatic rings. The third kappa shape index (κ3) is 2.25. The zero-order chi connectivity index (χ0) is 11.5. The van der Waals surface area contributed by atoms with E-state index in [0.717, 1.165) is 11.3 Å². The Labute approximate surface area is 102 Å². The maximum absolute atomic E-state index is 10.7. The average molecular weight is 251 g/mol. The number of benzene rings is 1. The number of aliphatic carboxylic acids is 1. The van der Waals surface area contributed by atoms with Gasteiger partial charge in [-0.25, -0.2) is 4.98 Å². The van der Waals surface area contributed by atoms with Gasteiger partial charge >= 0.3 is 5.97 Å². The maximum Gasteiger partial charge on any atom is 0.323 e. The number of aromatic nitrogens is 1. The minimum Gasteiger partial charge on any atom is -0.480 e. The fourth-order valence-electron chi connectivity index (χ4n) is 1.26. The van der Waals surface area contributed by atoms with Gasteiger partial charge in [0.1, 0.15) is 5.01 Å². The van der Waals surface area contributed by atoms with Crippen LogP contribution in [0.25, 0.3) is 11.3 Å². The molecule has 0 amide bonds. The Bertz CT molecular complexity index is 496. The summed E-state index contributed by atoms with van der Waals surface area (Å²) in [6.07, 6.45) is 0. The summed E-state index contributed by atoms with van der Waals surface area (Å²) >= 11 is 5.30. The fraction of sp³-hybridized carbons (Fsp3) is 0.0909. The molecule has 1 atom stereocenters. The van der Waals surface area contributed by atoms with Crippen molar-refractivity contribution in [3.05, 3.63) is 40.7 Å². The van der Waals surface area contributed by atoms with Crippen LogP contribution >= 0.6 is 24.0 Å². The van der Waals surface area contributed by atoms with Crippen molar-refractivity contribution in [1.29, 1.82) is 0 Å². The number of thiazole rings is 1. The number of thiol groups is 1. The third-order valence-electron chi connectivity index (χ3n) is 2.06. The molecule has 0 saturated carbocycles. The van der Waals surface area contributed by atoms with Crippen molar-refractivity contribution in [2.75, 3.05) is 0 Å². The summed E-state index contributed by atoms with van der Waals surface area (Å²) < 4.78 is 0. The zero-order valence-corrected chi connectivity index (χ0v) is 9.91. The molecule has 0 aliphatic carbocycles. The van der Waals surface area contributed by atoms with E-state index >= 15 is 0 Å². The summed E-state index contributed by atoms with van der Waals surface area (Å²) in [6.45, 7) is 0. The van der Waals surface area contributed by atoms with E-state index in [-0.39, 0.29) is 0 Å². The lowest BCUT2D eigenvalue weighted by atomic mass is 10.2. The first kappa shape index (κ1) is 11.2. The first-order valence-electron chi connectivity index (χ1n) is 4.60. The van der Waals surface area contributed by atoms with Crippen LogP contribution in [0.2, 0.25) is 0 Å². The van der Waals surface area contributed by atoms with Crippen LogP contribution < -0.4 is 0 Å². The van der Waals surface area contributed by atoms with Crippen molar-refractivity contribution in [3.63, 3.8) is 0 Å². The molecule has 3 nitrogen and oxygen atoms in total. The SMILES string of the molecule is O=C(O)C(S)c1nc(-c2ccccc2)cs1. The lowest BCUT2D eigenvalue weighted by Gasteiger charge is -1.99. The topological polar surface area (TPSA) is 50.2 Å². The predicted molar refractivity (Wildman–Crippen MR) is 66.9 cm³/mol. The van der Waals surface area contributed by atoms with Gasteiger partial charge in [0, 0.05) is 10.9 Å². The van der Waals surface area contributed by atoms with Gasteiger partial charge < -0.3 is 5.11 Å². The van der Waals surface area contributed by atoms with Crippen molar-refractivity contribution in [2.24, 2.45) is 0 Å². The van der Waals surface area contributed by atoms with Gasteiger partial charge in [0.05, 0.1) is 5.69 Å². The largest absolute Gasteiger partial charge is 0.480 e. The van der Waals surface area contributed by atoms with Crippen LogP contribution in [0.5, 0.6) is 0 Å². The van der Waals surface area contributed by atoms with Gasteiger partial charge in [-0.2, -0.15) is 12.6 Å². The van der Waals surface area contributed by atoms with E-state index in [2.05, 4.69) is 17.6 Å². The van der Waals surface area contributed by atoms with E-state index in [1.54, 1.807) is 0 Å². The first-order chi connectivity index (χ1) is 7.68. The molecular formula is C11H9NO2S2.